The monoisotopic (exact) mass is 642 g/mol. The van der Waals surface area contributed by atoms with E-state index in [-0.39, 0.29) is 16.1 Å². The van der Waals surface area contributed by atoms with Crippen molar-refractivity contribution in [1.82, 2.24) is 0 Å². The van der Waals surface area contributed by atoms with E-state index in [9.17, 15) is 18.1 Å². The molecule has 2 aliphatic rings. The largest absolute Gasteiger partial charge is 0.744 e. The van der Waals surface area contributed by atoms with Crippen molar-refractivity contribution in [3.8, 4) is 11.5 Å². The van der Waals surface area contributed by atoms with Gasteiger partial charge in [-0.15, -0.1) is 0 Å². The van der Waals surface area contributed by atoms with Gasteiger partial charge in [-0.3, -0.25) is 0 Å². The Labute approximate surface area is 274 Å². The minimum absolute atomic E-state index is 0.187. The first-order valence-electron chi connectivity index (χ1n) is 16.3. The molecule has 3 aromatic rings. The molecule has 0 saturated heterocycles. The second-order valence-electron chi connectivity index (χ2n) is 13.3. The SMILES string of the molecule is CCCCCCN1/C(=C/C=C/C2=[N+](CCCOc3ccc(O)cc3)c3ccccc3C2(C)C)C(C)(C)c2cc(S(=O)(=O)[O-])ccc21. The number of phenolic OH excluding ortho intramolecular Hbond substituents is 1. The van der Waals surface area contributed by atoms with E-state index >= 15 is 0 Å². The Kier molecular flexibility index (Phi) is 9.80. The van der Waals surface area contributed by atoms with Crippen molar-refractivity contribution in [2.45, 2.75) is 82.4 Å². The lowest BCUT2D eigenvalue weighted by molar-refractivity contribution is -0.438. The number of anilines is 1. The lowest BCUT2D eigenvalue weighted by atomic mass is 9.81. The number of nitrogens with zero attached hydrogens (tertiary/aromatic N) is 2. The van der Waals surface area contributed by atoms with Gasteiger partial charge in [0.1, 0.15) is 21.6 Å². The molecular formula is C38H46N2O5S. The molecule has 1 N–H and O–H groups in total. The summed E-state index contributed by atoms with van der Waals surface area (Å²) < 4.78 is 44.1. The summed E-state index contributed by atoms with van der Waals surface area (Å²) in [5.74, 6) is 0.948. The minimum atomic E-state index is -4.56. The van der Waals surface area contributed by atoms with Crippen LogP contribution in [0.1, 0.15) is 77.8 Å². The molecule has 2 aliphatic heterocycles. The average molecular weight is 643 g/mol. The van der Waals surface area contributed by atoms with E-state index in [1.165, 1.54) is 29.4 Å². The Morgan fingerprint density at radius 3 is 2.37 bits per heavy atom. The second-order valence-corrected chi connectivity index (χ2v) is 14.6. The zero-order chi connectivity index (χ0) is 33.1. The molecule has 8 heteroatoms. The molecule has 2 heterocycles. The summed E-state index contributed by atoms with van der Waals surface area (Å²) in [6.45, 7) is 13.1. The van der Waals surface area contributed by atoms with E-state index in [4.69, 9.17) is 4.74 Å². The van der Waals surface area contributed by atoms with E-state index in [2.05, 4.69) is 86.6 Å². The zero-order valence-electron chi connectivity index (χ0n) is 27.6. The Hall–Kier alpha value is -3.88. The number of hydrogen-bond acceptors (Lipinski definition) is 6. The number of unbranched alkanes of at least 4 members (excludes halogenated alkanes) is 3. The van der Waals surface area contributed by atoms with Gasteiger partial charge >= 0.3 is 0 Å². The summed E-state index contributed by atoms with van der Waals surface area (Å²) in [7, 11) is -4.56. The normalized spacial score (nSPS) is 17.6. The maximum atomic E-state index is 11.9. The van der Waals surface area contributed by atoms with Crippen molar-refractivity contribution < 1.29 is 27.4 Å². The lowest BCUT2D eigenvalue weighted by Gasteiger charge is -2.27. The van der Waals surface area contributed by atoms with Gasteiger partial charge in [0.05, 0.1) is 16.9 Å². The van der Waals surface area contributed by atoms with Gasteiger partial charge in [-0.05, 0) is 74.4 Å². The molecule has 3 aromatic carbocycles. The second kappa shape index (κ2) is 13.5. The number of rotatable bonds is 13. The smallest absolute Gasteiger partial charge is 0.209 e. The highest BCUT2D eigenvalue weighted by atomic mass is 32.2. The van der Waals surface area contributed by atoms with Crippen LogP contribution in [0.3, 0.4) is 0 Å². The van der Waals surface area contributed by atoms with Gasteiger partial charge in [0.2, 0.25) is 5.69 Å². The highest BCUT2D eigenvalue weighted by molar-refractivity contribution is 7.85. The topological polar surface area (TPSA) is 92.9 Å². The van der Waals surface area contributed by atoms with E-state index < -0.39 is 15.5 Å². The van der Waals surface area contributed by atoms with E-state index in [0.29, 0.717) is 6.61 Å². The van der Waals surface area contributed by atoms with Crippen LogP contribution in [-0.2, 0) is 20.9 Å². The number of ether oxygens (including phenoxy) is 1. The fourth-order valence-electron chi connectivity index (χ4n) is 6.81. The molecule has 0 radical (unpaired) electrons. The van der Waals surface area contributed by atoms with Crippen molar-refractivity contribution in [2.24, 2.45) is 0 Å². The predicted octanol–water partition coefficient (Wildman–Crippen LogP) is 7.96. The van der Waals surface area contributed by atoms with E-state index in [0.717, 1.165) is 61.5 Å². The third-order valence-electron chi connectivity index (χ3n) is 9.33. The van der Waals surface area contributed by atoms with Gasteiger partial charge in [0.25, 0.3) is 0 Å². The van der Waals surface area contributed by atoms with Crippen LogP contribution in [0.5, 0.6) is 11.5 Å². The number of benzene rings is 3. The van der Waals surface area contributed by atoms with E-state index in [1.54, 1.807) is 36.4 Å². The standard InChI is InChI=1S/C38H46N2O5S/c1-6-7-8-11-24-39-34-23-22-30(46(42,43)44)27-32(34)38(4,5)36(39)17-12-16-35-37(2,3)31-14-9-10-15-33(31)40(35)25-13-26-45-29-20-18-28(41)19-21-29/h9-10,12,14-23,27H,6-8,11,13,24-26H2,1-5H3,(H-,41,42,43,44). The third kappa shape index (κ3) is 6.79. The summed E-state index contributed by atoms with van der Waals surface area (Å²) in [6, 6.07) is 20.1. The van der Waals surface area contributed by atoms with Gasteiger partial charge in [0.15, 0.2) is 12.3 Å². The minimum Gasteiger partial charge on any atom is -0.744 e. The summed E-state index contributed by atoms with van der Waals surface area (Å²) in [6.07, 6.45) is 11.7. The fraction of sp³-hybridized carbons (Fsp3) is 0.395. The number of phenols is 1. The highest BCUT2D eigenvalue weighted by Crippen LogP contribution is 2.48. The molecule has 0 atom stereocenters. The Morgan fingerprint density at radius 1 is 0.913 bits per heavy atom. The maximum absolute atomic E-state index is 11.9. The Balaban J connectivity index is 1.46. The van der Waals surface area contributed by atoms with Crippen molar-refractivity contribution in [1.29, 1.82) is 0 Å². The van der Waals surface area contributed by atoms with Gasteiger partial charge < -0.3 is 19.3 Å². The quantitative estimate of drug-likeness (QED) is 0.116. The third-order valence-corrected chi connectivity index (χ3v) is 10.2. The van der Waals surface area contributed by atoms with Gasteiger partial charge in [-0.1, -0.05) is 64.3 Å². The number of para-hydroxylation sites is 1. The van der Waals surface area contributed by atoms with Crippen LogP contribution in [0.2, 0.25) is 0 Å². The van der Waals surface area contributed by atoms with Crippen molar-refractivity contribution in [3.63, 3.8) is 0 Å². The molecule has 5 rings (SSSR count). The van der Waals surface area contributed by atoms with Crippen molar-refractivity contribution in [3.05, 3.63) is 102 Å². The molecule has 46 heavy (non-hydrogen) atoms. The van der Waals surface area contributed by atoms with Gasteiger partial charge in [-0.25, -0.2) is 8.42 Å². The van der Waals surface area contributed by atoms with Crippen LogP contribution in [0.25, 0.3) is 0 Å². The number of allylic oxidation sites excluding steroid dienone is 4. The fourth-order valence-corrected chi connectivity index (χ4v) is 7.31. The predicted molar refractivity (Wildman–Crippen MR) is 184 cm³/mol. The van der Waals surface area contributed by atoms with Crippen molar-refractivity contribution >= 4 is 27.2 Å². The molecule has 7 nitrogen and oxygen atoms in total. The van der Waals surface area contributed by atoms with Crippen LogP contribution in [0.15, 0.2) is 95.6 Å². The molecule has 0 aliphatic carbocycles. The summed E-state index contributed by atoms with van der Waals surface area (Å²) >= 11 is 0. The van der Waals surface area contributed by atoms with E-state index in [1.807, 2.05) is 0 Å². The summed E-state index contributed by atoms with van der Waals surface area (Å²) in [5.41, 5.74) is 5.86. The summed E-state index contributed by atoms with van der Waals surface area (Å²) in [5, 5.41) is 9.56. The van der Waals surface area contributed by atoms with Gasteiger partial charge in [0, 0.05) is 47.5 Å². The highest BCUT2D eigenvalue weighted by Gasteiger charge is 2.44. The lowest BCUT2D eigenvalue weighted by Crippen LogP contribution is -2.28. The molecule has 0 aromatic heterocycles. The number of aromatic hydroxyl groups is 1. The first kappa shape index (κ1) is 33.5. The molecule has 0 spiro atoms. The Morgan fingerprint density at radius 2 is 1.65 bits per heavy atom. The van der Waals surface area contributed by atoms with Crippen LogP contribution in [0.4, 0.5) is 11.4 Å². The number of fused-ring (bicyclic) bond motifs is 2. The molecule has 0 bridgehead atoms. The van der Waals surface area contributed by atoms with Crippen LogP contribution in [-0.4, -0.2) is 48.1 Å². The van der Waals surface area contributed by atoms with Crippen LogP contribution >= 0.6 is 0 Å². The number of hydrogen-bond donors (Lipinski definition) is 1. The van der Waals surface area contributed by atoms with Crippen LogP contribution in [0, 0.1) is 0 Å². The van der Waals surface area contributed by atoms with Gasteiger partial charge in [-0.2, -0.15) is 4.58 Å². The average Bonchev–Trinajstić information content (AvgIpc) is 3.36. The summed E-state index contributed by atoms with van der Waals surface area (Å²) in [4.78, 5) is 2.11. The molecule has 244 valence electrons. The Bertz CT molecular complexity index is 1770. The molecule has 0 amide bonds. The molecular weight excluding hydrogens is 596 g/mol. The zero-order valence-corrected chi connectivity index (χ0v) is 28.4. The molecule has 0 fully saturated rings. The molecule has 0 saturated carbocycles. The molecule has 0 unspecified atom stereocenters. The van der Waals surface area contributed by atoms with Crippen LogP contribution < -0.4 is 9.64 Å². The maximum Gasteiger partial charge on any atom is 0.209 e. The van der Waals surface area contributed by atoms with Crippen molar-refractivity contribution in [2.75, 3.05) is 24.6 Å². The first-order valence-corrected chi connectivity index (χ1v) is 17.7. The first-order chi connectivity index (χ1) is 21.9.